The van der Waals surface area contributed by atoms with E-state index in [1.54, 1.807) is 17.4 Å². The molecule has 1 aliphatic heterocycles. The third-order valence-corrected chi connectivity index (χ3v) is 4.28. The molecule has 6 nitrogen and oxygen atoms in total. The second kappa shape index (κ2) is 6.50. The fourth-order valence-corrected chi connectivity index (χ4v) is 3.01. The number of carbonyl (C=O) groups excluding carboxylic acids is 1. The van der Waals surface area contributed by atoms with E-state index < -0.39 is 0 Å². The first-order valence-corrected chi connectivity index (χ1v) is 8.00. The van der Waals surface area contributed by atoms with E-state index in [9.17, 15) is 9.59 Å². The molecule has 0 radical (unpaired) electrons. The molecule has 6 heteroatoms. The number of nitrogens with zero attached hydrogens (tertiary/aromatic N) is 4. The number of hydrogen-bond donors (Lipinski definition) is 0. The molecule has 2 aromatic heterocycles. The van der Waals surface area contributed by atoms with Crippen molar-refractivity contribution in [2.45, 2.75) is 26.8 Å². The zero-order valence-electron chi connectivity index (χ0n) is 13.7. The minimum absolute atomic E-state index is 0.0473. The van der Waals surface area contributed by atoms with E-state index in [0.29, 0.717) is 12.2 Å². The number of aromatic nitrogens is 2. The zero-order valence-corrected chi connectivity index (χ0v) is 13.7. The predicted molar refractivity (Wildman–Crippen MR) is 88.3 cm³/mol. The molecule has 0 unspecified atom stereocenters. The van der Waals surface area contributed by atoms with Crippen LogP contribution in [0.3, 0.4) is 0 Å². The third kappa shape index (κ3) is 3.59. The molecule has 0 atom stereocenters. The molecule has 0 saturated carbocycles. The minimum atomic E-state index is -0.0473. The summed E-state index contributed by atoms with van der Waals surface area (Å²) < 4.78 is 1.58. The van der Waals surface area contributed by atoms with Gasteiger partial charge in [0.1, 0.15) is 5.65 Å². The first-order valence-electron chi connectivity index (χ1n) is 8.00. The van der Waals surface area contributed by atoms with Gasteiger partial charge in [0, 0.05) is 51.9 Å². The van der Waals surface area contributed by atoms with Crippen LogP contribution in [0.1, 0.15) is 24.6 Å². The molecule has 122 valence electrons. The summed E-state index contributed by atoms with van der Waals surface area (Å²) in [5.41, 5.74) is 2.45. The molecule has 0 spiro atoms. The standard InChI is InChI=1S/C17H22N4O2/c1-13-4-5-16-18-15(10-17(23)21(16)11-13)12-19-6-3-7-20(9-8-19)14(2)22/h4-5,10-11H,3,6-9,12H2,1-2H3. The summed E-state index contributed by atoms with van der Waals surface area (Å²) in [6, 6.07) is 5.45. The molecule has 0 N–H and O–H groups in total. The van der Waals surface area contributed by atoms with Crippen LogP contribution in [0, 0.1) is 6.92 Å². The van der Waals surface area contributed by atoms with Gasteiger partial charge in [-0.1, -0.05) is 6.07 Å². The van der Waals surface area contributed by atoms with Crippen LogP contribution in [0.4, 0.5) is 0 Å². The Bertz CT molecular complexity index is 784. The Labute approximate surface area is 135 Å². The molecular weight excluding hydrogens is 292 g/mol. The summed E-state index contributed by atoms with van der Waals surface area (Å²) in [7, 11) is 0. The summed E-state index contributed by atoms with van der Waals surface area (Å²) in [5, 5.41) is 0. The monoisotopic (exact) mass is 314 g/mol. The summed E-state index contributed by atoms with van der Waals surface area (Å²) in [6.07, 6.45) is 2.76. The fourth-order valence-electron chi connectivity index (χ4n) is 3.01. The fraction of sp³-hybridized carbons (Fsp3) is 0.471. The van der Waals surface area contributed by atoms with Gasteiger partial charge < -0.3 is 4.90 Å². The van der Waals surface area contributed by atoms with E-state index in [1.807, 2.05) is 30.2 Å². The lowest BCUT2D eigenvalue weighted by molar-refractivity contribution is -0.128. The van der Waals surface area contributed by atoms with Crippen molar-refractivity contribution in [1.29, 1.82) is 0 Å². The number of aryl methyl sites for hydroxylation is 1. The van der Waals surface area contributed by atoms with Gasteiger partial charge in [0.05, 0.1) is 5.69 Å². The lowest BCUT2D eigenvalue weighted by atomic mass is 10.3. The maximum Gasteiger partial charge on any atom is 0.258 e. The highest BCUT2D eigenvalue weighted by molar-refractivity contribution is 5.73. The van der Waals surface area contributed by atoms with E-state index >= 15 is 0 Å². The van der Waals surface area contributed by atoms with Crippen LogP contribution < -0.4 is 5.56 Å². The molecule has 1 fully saturated rings. The molecule has 1 amide bonds. The van der Waals surface area contributed by atoms with E-state index in [1.165, 1.54) is 0 Å². The number of pyridine rings is 1. The van der Waals surface area contributed by atoms with Crippen LogP contribution in [0.15, 0.2) is 29.2 Å². The van der Waals surface area contributed by atoms with Gasteiger partial charge in [0.15, 0.2) is 0 Å². The van der Waals surface area contributed by atoms with Crippen molar-refractivity contribution in [1.82, 2.24) is 19.2 Å². The van der Waals surface area contributed by atoms with Gasteiger partial charge in [-0.15, -0.1) is 0 Å². The maximum absolute atomic E-state index is 12.3. The van der Waals surface area contributed by atoms with Crippen molar-refractivity contribution < 1.29 is 4.79 Å². The van der Waals surface area contributed by atoms with Crippen LogP contribution in [-0.2, 0) is 11.3 Å². The highest BCUT2D eigenvalue weighted by atomic mass is 16.2. The number of amides is 1. The highest BCUT2D eigenvalue weighted by Crippen LogP contribution is 2.08. The average molecular weight is 314 g/mol. The van der Waals surface area contributed by atoms with Crippen LogP contribution in [0.2, 0.25) is 0 Å². The topological polar surface area (TPSA) is 57.9 Å². The van der Waals surface area contributed by atoms with E-state index in [2.05, 4.69) is 9.88 Å². The molecule has 3 heterocycles. The Morgan fingerprint density at radius 1 is 1.22 bits per heavy atom. The predicted octanol–water partition coefficient (Wildman–Crippen LogP) is 1.06. The van der Waals surface area contributed by atoms with Crippen molar-refractivity contribution >= 4 is 11.6 Å². The highest BCUT2D eigenvalue weighted by Gasteiger charge is 2.17. The molecular formula is C17H22N4O2. The van der Waals surface area contributed by atoms with Gasteiger partial charge in [-0.25, -0.2) is 4.98 Å². The van der Waals surface area contributed by atoms with Crippen LogP contribution in [-0.4, -0.2) is 51.3 Å². The Morgan fingerprint density at radius 3 is 2.83 bits per heavy atom. The molecule has 23 heavy (non-hydrogen) atoms. The number of fused-ring (bicyclic) bond motifs is 1. The molecule has 0 aliphatic carbocycles. The molecule has 1 aliphatic rings. The Kier molecular flexibility index (Phi) is 4.43. The summed E-state index contributed by atoms with van der Waals surface area (Å²) >= 11 is 0. The van der Waals surface area contributed by atoms with Crippen molar-refractivity contribution in [3.05, 3.63) is 46.0 Å². The van der Waals surface area contributed by atoms with Gasteiger partial charge >= 0.3 is 0 Å². The minimum Gasteiger partial charge on any atom is -0.342 e. The van der Waals surface area contributed by atoms with Gasteiger partial charge in [-0.3, -0.25) is 18.9 Å². The van der Waals surface area contributed by atoms with Crippen molar-refractivity contribution in [2.75, 3.05) is 26.2 Å². The normalized spacial score (nSPS) is 16.5. The largest absolute Gasteiger partial charge is 0.342 e. The van der Waals surface area contributed by atoms with Gasteiger partial charge in [-0.2, -0.15) is 0 Å². The third-order valence-electron chi connectivity index (χ3n) is 4.28. The summed E-state index contributed by atoms with van der Waals surface area (Å²) in [4.78, 5) is 32.5. The second-order valence-corrected chi connectivity index (χ2v) is 6.16. The van der Waals surface area contributed by atoms with Crippen LogP contribution >= 0.6 is 0 Å². The Morgan fingerprint density at radius 2 is 2.04 bits per heavy atom. The zero-order chi connectivity index (χ0) is 16.4. The first kappa shape index (κ1) is 15.7. The molecule has 1 saturated heterocycles. The first-order chi connectivity index (χ1) is 11.0. The Balaban J connectivity index is 1.78. The van der Waals surface area contributed by atoms with Gasteiger partial charge in [0.2, 0.25) is 5.91 Å². The van der Waals surface area contributed by atoms with Gasteiger partial charge in [0.25, 0.3) is 5.56 Å². The van der Waals surface area contributed by atoms with E-state index in [0.717, 1.165) is 43.9 Å². The van der Waals surface area contributed by atoms with Crippen LogP contribution in [0.5, 0.6) is 0 Å². The average Bonchev–Trinajstić information content (AvgIpc) is 2.74. The molecule has 0 bridgehead atoms. The van der Waals surface area contributed by atoms with Gasteiger partial charge in [-0.05, 0) is 25.0 Å². The number of carbonyl (C=O) groups is 1. The molecule has 3 rings (SSSR count). The number of hydrogen-bond acceptors (Lipinski definition) is 4. The lowest BCUT2D eigenvalue weighted by Gasteiger charge is -2.20. The molecule has 2 aromatic rings. The van der Waals surface area contributed by atoms with Crippen LogP contribution in [0.25, 0.3) is 5.65 Å². The maximum atomic E-state index is 12.3. The quantitative estimate of drug-likeness (QED) is 0.831. The van der Waals surface area contributed by atoms with Crippen molar-refractivity contribution in [2.24, 2.45) is 0 Å². The summed E-state index contributed by atoms with van der Waals surface area (Å²) in [6.45, 7) is 7.49. The second-order valence-electron chi connectivity index (χ2n) is 6.16. The SMILES string of the molecule is CC(=O)N1CCCN(Cc2cc(=O)n3cc(C)ccc3n2)CC1. The smallest absolute Gasteiger partial charge is 0.258 e. The summed E-state index contributed by atoms with van der Waals surface area (Å²) in [5.74, 6) is 0.129. The Hall–Kier alpha value is -2.21. The lowest BCUT2D eigenvalue weighted by Crippen LogP contribution is -2.33. The van der Waals surface area contributed by atoms with Crippen molar-refractivity contribution in [3.63, 3.8) is 0 Å². The molecule has 0 aromatic carbocycles. The number of rotatable bonds is 2. The van der Waals surface area contributed by atoms with E-state index in [-0.39, 0.29) is 11.5 Å². The van der Waals surface area contributed by atoms with Crippen molar-refractivity contribution in [3.8, 4) is 0 Å². The van der Waals surface area contributed by atoms with E-state index in [4.69, 9.17) is 0 Å².